The van der Waals surface area contributed by atoms with Crippen LogP contribution in [-0.4, -0.2) is 18.1 Å². The molecule has 0 radical (unpaired) electrons. The van der Waals surface area contributed by atoms with E-state index >= 15 is 0 Å². The number of aryl methyl sites for hydroxylation is 3. The third-order valence-electron chi connectivity index (χ3n) is 4.35. The molecule has 28 heavy (non-hydrogen) atoms. The molecule has 1 N–H and O–H groups in total. The van der Waals surface area contributed by atoms with Crippen LogP contribution in [0.3, 0.4) is 0 Å². The van der Waals surface area contributed by atoms with E-state index in [9.17, 15) is 18.0 Å². The summed E-state index contributed by atoms with van der Waals surface area (Å²) in [5, 5.41) is 2.82. The lowest BCUT2D eigenvalue weighted by molar-refractivity contribution is -0.139. The molecule has 2 aromatic rings. The van der Waals surface area contributed by atoms with Crippen LogP contribution >= 0.6 is 0 Å². The first-order chi connectivity index (χ1) is 13.0. The first-order valence-electron chi connectivity index (χ1n) is 9.22. The largest absolute Gasteiger partial charge is 0.399 e. The minimum absolute atomic E-state index is 0.0109. The molecule has 2 rings (SSSR count). The van der Waals surface area contributed by atoms with Gasteiger partial charge >= 0.3 is 6.18 Å². The second-order valence-corrected chi connectivity index (χ2v) is 7.50. The molecule has 1 atom stereocenters. The summed E-state index contributed by atoms with van der Waals surface area (Å²) < 4.78 is 40.9. The lowest BCUT2D eigenvalue weighted by Crippen LogP contribution is -2.30. The van der Waals surface area contributed by atoms with Crippen molar-refractivity contribution in [1.29, 1.82) is 0 Å². The molecular formula is C23H26F3NO. The Morgan fingerprint density at radius 3 is 2.11 bits per heavy atom. The summed E-state index contributed by atoms with van der Waals surface area (Å²) in [6, 6.07) is 10.0. The molecule has 0 aliphatic rings. The van der Waals surface area contributed by atoms with Gasteiger partial charge in [-0.1, -0.05) is 53.6 Å². The van der Waals surface area contributed by atoms with E-state index in [4.69, 9.17) is 0 Å². The van der Waals surface area contributed by atoms with Crippen LogP contribution in [0.1, 0.15) is 57.9 Å². The van der Waals surface area contributed by atoms with E-state index in [1.165, 1.54) is 12.2 Å². The number of hydrogen-bond donors (Lipinski definition) is 1. The Hall–Kier alpha value is -2.56. The number of halogens is 3. The van der Waals surface area contributed by atoms with Crippen molar-refractivity contribution in [2.75, 3.05) is 0 Å². The number of amides is 1. The summed E-state index contributed by atoms with van der Waals surface area (Å²) in [4.78, 5) is 12.2. The number of alkyl halides is 3. The van der Waals surface area contributed by atoms with Crippen LogP contribution in [0.5, 0.6) is 0 Å². The molecule has 1 amide bonds. The van der Waals surface area contributed by atoms with Crippen LogP contribution in [0.15, 0.2) is 42.5 Å². The molecule has 0 saturated carbocycles. The van der Waals surface area contributed by atoms with Gasteiger partial charge in [-0.3, -0.25) is 4.79 Å². The van der Waals surface area contributed by atoms with Gasteiger partial charge in [-0.2, -0.15) is 13.2 Å². The number of carbonyl (C=O) groups excluding carboxylic acids is 1. The second kappa shape index (κ2) is 8.63. The first kappa shape index (κ1) is 21.7. The number of rotatable bonds is 5. The van der Waals surface area contributed by atoms with Gasteiger partial charge in [0.15, 0.2) is 0 Å². The Kier molecular flexibility index (Phi) is 6.70. The van der Waals surface area contributed by atoms with Gasteiger partial charge in [0.05, 0.1) is 5.92 Å². The van der Waals surface area contributed by atoms with Crippen molar-refractivity contribution in [1.82, 2.24) is 5.32 Å². The van der Waals surface area contributed by atoms with Gasteiger partial charge in [-0.25, -0.2) is 0 Å². The summed E-state index contributed by atoms with van der Waals surface area (Å²) >= 11 is 0. The van der Waals surface area contributed by atoms with Gasteiger partial charge < -0.3 is 5.32 Å². The summed E-state index contributed by atoms with van der Waals surface area (Å²) in [6.45, 7) is 9.09. The lowest BCUT2D eigenvalue weighted by atomic mass is 9.93. The highest BCUT2D eigenvalue weighted by Gasteiger charge is 2.39. The van der Waals surface area contributed by atoms with Gasteiger partial charge in [0.1, 0.15) is 0 Å². The number of nitrogens with one attached hydrogen (secondary N) is 1. The average molecular weight is 389 g/mol. The maximum absolute atomic E-state index is 13.6. The summed E-state index contributed by atoms with van der Waals surface area (Å²) in [5.74, 6) is -1.87. The maximum Gasteiger partial charge on any atom is 0.399 e. The van der Waals surface area contributed by atoms with Crippen LogP contribution in [-0.2, 0) is 0 Å². The highest BCUT2D eigenvalue weighted by atomic mass is 19.4. The molecule has 0 aliphatic carbocycles. The quantitative estimate of drug-likeness (QED) is 0.657. The van der Waals surface area contributed by atoms with Crippen LogP contribution in [0, 0.1) is 20.8 Å². The minimum atomic E-state index is -4.39. The van der Waals surface area contributed by atoms with Crippen LogP contribution in [0.4, 0.5) is 13.2 Å². The molecule has 0 aromatic heterocycles. The highest BCUT2D eigenvalue weighted by molar-refractivity contribution is 5.96. The van der Waals surface area contributed by atoms with Gasteiger partial charge in [-0.05, 0) is 57.4 Å². The Morgan fingerprint density at radius 2 is 1.61 bits per heavy atom. The normalized spacial score (nSPS) is 13.2. The van der Waals surface area contributed by atoms with Crippen molar-refractivity contribution in [2.45, 2.75) is 52.8 Å². The third kappa shape index (κ3) is 5.72. The van der Waals surface area contributed by atoms with Crippen molar-refractivity contribution in [3.8, 4) is 0 Å². The lowest BCUT2D eigenvalue weighted by Gasteiger charge is -2.18. The number of allylic oxidation sites excluding steroid dienone is 1. The summed E-state index contributed by atoms with van der Waals surface area (Å²) in [7, 11) is 0. The molecule has 0 aliphatic heterocycles. The SMILES string of the molecule is Cc1cc(C)cc(C(/C=C/c2ccc(C(=O)NC(C)C)c(C)c2)C(F)(F)F)c1. The Morgan fingerprint density at radius 1 is 1.00 bits per heavy atom. The molecular weight excluding hydrogens is 363 g/mol. The fraction of sp³-hybridized carbons (Fsp3) is 0.348. The van der Waals surface area contributed by atoms with Crippen LogP contribution < -0.4 is 5.32 Å². The third-order valence-corrected chi connectivity index (χ3v) is 4.35. The molecule has 0 saturated heterocycles. The highest BCUT2D eigenvalue weighted by Crippen LogP contribution is 2.37. The van der Waals surface area contributed by atoms with Crippen molar-refractivity contribution < 1.29 is 18.0 Å². The smallest absolute Gasteiger partial charge is 0.350 e. The molecule has 1 unspecified atom stereocenters. The zero-order valence-corrected chi connectivity index (χ0v) is 16.8. The number of benzene rings is 2. The fourth-order valence-corrected chi connectivity index (χ4v) is 3.19. The maximum atomic E-state index is 13.6. The molecule has 150 valence electrons. The predicted molar refractivity (Wildman–Crippen MR) is 108 cm³/mol. The monoisotopic (exact) mass is 389 g/mol. The molecule has 5 heteroatoms. The molecule has 0 heterocycles. The standard InChI is InChI=1S/C23H26F3NO/c1-14(2)27-22(28)20-8-6-18(13-17(20)5)7-9-21(23(24,25)26)19-11-15(3)10-16(4)12-19/h6-14,21H,1-5H3,(H,27,28)/b9-7+. The van der Waals surface area contributed by atoms with E-state index in [0.29, 0.717) is 11.1 Å². The predicted octanol–water partition coefficient (Wildman–Crippen LogP) is 6.11. The average Bonchev–Trinajstić information content (AvgIpc) is 2.52. The van der Waals surface area contributed by atoms with Crippen molar-refractivity contribution in [2.24, 2.45) is 0 Å². The molecule has 0 fully saturated rings. The van der Waals surface area contributed by atoms with Crippen LogP contribution in [0.2, 0.25) is 0 Å². The Balaban J connectivity index is 2.32. The number of hydrogen-bond acceptors (Lipinski definition) is 1. The summed E-state index contributed by atoms with van der Waals surface area (Å²) in [6.07, 6.45) is -1.74. The minimum Gasteiger partial charge on any atom is -0.350 e. The Labute approximate surface area is 164 Å². The molecule has 2 nitrogen and oxygen atoms in total. The zero-order chi connectivity index (χ0) is 21.1. The van der Waals surface area contributed by atoms with E-state index in [0.717, 1.165) is 16.7 Å². The van der Waals surface area contributed by atoms with Gasteiger partial charge in [0, 0.05) is 11.6 Å². The molecule has 0 bridgehead atoms. The van der Waals surface area contributed by atoms with E-state index in [2.05, 4.69) is 5.32 Å². The second-order valence-electron chi connectivity index (χ2n) is 7.50. The van der Waals surface area contributed by atoms with E-state index < -0.39 is 12.1 Å². The van der Waals surface area contributed by atoms with Crippen LogP contribution in [0.25, 0.3) is 6.08 Å². The van der Waals surface area contributed by atoms with Crippen molar-refractivity contribution in [3.05, 3.63) is 75.9 Å². The summed E-state index contributed by atoms with van der Waals surface area (Å²) in [5.41, 5.74) is 3.69. The van der Waals surface area contributed by atoms with E-state index in [-0.39, 0.29) is 17.5 Å². The van der Waals surface area contributed by atoms with Gasteiger partial charge in [0.25, 0.3) is 5.91 Å². The zero-order valence-electron chi connectivity index (χ0n) is 16.8. The van der Waals surface area contributed by atoms with Crippen molar-refractivity contribution >= 4 is 12.0 Å². The van der Waals surface area contributed by atoms with E-state index in [1.807, 2.05) is 19.9 Å². The molecule has 0 spiro atoms. The van der Waals surface area contributed by atoms with Gasteiger partial charge in [-0.15, -0.1) is 0 Å². The van der Waals surface area contributed by atoms with E-state index in [1.54, 1.807) is 51.1 Å². The topological polar surface area (TPSA) is 29.1 Å². The van der Waals surface area contributed by atoms with Gasteiger partial charge in [0.2, 0.25) is 0 Å². The number of carbonyl (C=O) groups is 1. The van der Waals surface area contributed by atoms with Crippen molar-refractivity contribution in [3.63, 3.8) is 0 Å². The molecule has 2 aromatic carbocycles. The Bertz CT molecular complexity index is 862. The fourth-order valence-electron chi connectivity index (χ4n) is 3.19. The first-order valence-corrected chi connectivity index (χ1v) is 9.22.